The molecule has 0 bridgehead atoms. The molecule has 0 radical (unpaired) electrons. The molecule has 152 valence electrons. The summed E-state index contributed by atoms with van der Waals surface area (Å²) in [6.07, 6.45) is 1.20. The van der Waals surface area contributed by atoms with Crippen molar-refractivity contribution in [3.05, 3.63) is 28.8 Å². The lowest BCUT2D eigenvalue weighted by Crippen LogP contribution is -2.38. The molecule has 0 heterocycles. The van der Waals surface area contributed by atoms with Crippen LogP contribution in [0.4, 0.5) is 5.69 Å². The number of ether oxygens (including phenoxy) is 1. The molecule has 27 heavy (non-hydrogen) atoms. The summed E-state index contributed by atoms with van der Waals surface area (Å²) >= 11 is 6.14. The number of benzene rings is 1. The molecule has 0 fully saturated rings. The van der Waals surface area contributed by atoms with E-state index in [0.717, 1.165) is 25.1 Å². The van der Waals surface area contributed by atoms with E-state index >= 15 is 0 Å². The summed E-state index contributed by atoms with van der Waals surface area (Å²) in [6.45, 7) is 11.7. The van der Waals surface area contributed by atoms with Gasteiger partial charge in [-0.2, -0.15) is 0 Å². The Morgan fingerprint density at radius 1 is 1.30 bits per heavy atom. The third kappa shape index (κ3) is 10.8. The van der Waals surface area contributed by atoms with Gasteiger partial charge >= 0.3 is 0 Å². The highest BCUT2D eigenvalue weighted by atomic mass is 35.5. The molecule has 1 aromatic rings. The van der Waals surface area contributed by atoms with Crippen LogP contribution in [-0.2, 0) is 9.53 Å². The molecule has 1 aromatic carbocycles. The third-order valence-corrected chi connectivity index (χ3v) is 3.87. The number of carbonyl (C=O) groups excluding carboxylic acids is 1. The standard InChI is InChI=1S/C20H33ClN4O2/c1-5-22-20(23-10-6-12-27-14-15(2)3)24-11-9-19(26)25-18-8-7-16(4)13-17(18)21/h7-8,13,15H,5-6,9-12,14H2,1-4H3,(H,25,26)(H2,22,23,24). The lowest BCUT2D eigenvalue weighted by molar-refractivity contribution is -0.116. The van der Waals surface area contributed by atoms with Crippen molar-refractivity contribution in [2.24, 2.45) is 10.9 Å². The number of nitrogens with one attached hydrogen (secondary N) is 3. The maximum Gasteiger partial charge on any atom is 0.226 e. The number of halogens is 1. The monoisotopic (exact) mass is 396 g/mol. The minimum atomic E-state index is -0.0915. The molecular weight excluding hydrogens is 364 g/mol. The third-order valence-electron chi connectivity index (χ3n) is 3.56. The van der Waals surface area contributed by atoms with Gasteiger partial charge in [-0.25, -0.2) is 0 Å². The minimum Gasteiger partial charge on any atom is -0.381 e. The number of amides is 1. The molecule has 0 saturated carbocycles. The molecule has 0 saturated heterocycles. The molecular formula is C20H33ClN4O2. The number of nitrogens with zero attached hydrogens (tertiary/aromatic N) is 1. The van der Waals surface area contributed by atoms with Gasteiger partial charge in [0.15, 0.2) is 5.96 Å². The first-order valence-corrected chi connectivity index (χ1v) is 9.96. The van der Waals surface area contributed by atoms with Crippen molar-refractivity contribution in [1.29, 1.82) is 0 Å². The number of aliphatic imine (C=N–C) groups is 1. The van der Waals surface area contributed by atoms with E-state index < -0.39 is 0 Å². The Morgan fingerprint density at radius 2 is 2.07 bits per heavy atom. The molecule has 3 N–H and O–H groups in total. The van der Waals surface area contributed by atoms with Crippen molar-refractivity contribution < 1.29 is 9.53 Å². The Hall–Kier alpha value is -1.79. The molecule has 0 aliphatic rings. The first kappa shape index (κ1) is 23.2. The zero-order valence-electron chi connectivity index (χ0n) is 16.9. The molecule has 0 unspecified atom stereocenters. The molecule has 0 spiro atoms. The van der Waals surface area contributed by atoms with Gasteiger partial charge in [-0.05, 0) is 43.9 Å². The van der Waals surface area contributed by atoms with Crippen LogP contribution in [0.3, 0.4) is 0 Å². The predicted octanol–water partition coefficient (Wildman–Crippen LogP) is 3.59. The predicted molar refractivity (Wildman–Crippen MR) is 114 cm³/mol. The number of hydrogen-bond acceptors (Lipinski definition) is 3. The second kappa shape index (κ2) is 13.4. The van der Waals surface area contributed by atoms with Gasteiger partial charge in [0.2, 0.25) is 5.91 Å². The first-order chi connectivity index (χ1) is 12.9. The second-order valence-corrected chi connectivity index (χ2v) is 7.20. The van der Waals surface area contributed by atoms with Crippen molar-refractivity contribution in [2.45, 2.75) is 40.5 Å². The fourth-order valence-electron chi connectivity index (χ4n) is 2.25. The normalized spacial score (nSPS) is 11.6. The number of anilines is 1. The summed E-state index contributed by atoms with van der Waals surface area (Å²) in [5.74, 6) is 1.17. The zero-order chi connectivity index (χ0) is 20.1. The molecule has 1 amide bonds. The van der Waals surface area contributed by atoms with Gasteiger partial charge in [0.05, 0.1) is 10.7 Å². The Bertz CT molecular complexity index is 606. The maximum absolute atomic E-state index is 12.1. The van der Waals surface area contributed by atoms with Crippen LogP contribution in [0.15, 0.2) is 23.2 Å². The Morgan fingerprint density at radius 3 is 2.74 bits per heavy atom. The summed E-state index contributed by atoms with van der Waals surface area (Å²) in [5, 5.41) is 9.73. The largest absolute Gasteiger partial charge is 0.381 e. The molecule has 7 heteroatoms. The van der Waals surface area contributed by atoms with Gasteiger partial charge in [-0.3, -0.25) is 9.79 Å². The van der Waals surface area contributed by atoms with Crippen molar-refractivity contribution in [1.82, 2.24) is 10.6 Å². The Kier molecular flexibility index (Phi) is 11.5. The molecule has 6 nitrogen and oxygen atoms in total. The maximum atomic E-state index is 12.1. The second-order valence-electron chi connectivity index (χ2n) is 6.79. The topological polar surface area (TPSA) is 74.8 Å². The number of aryl methyl sites for hydroxylation is 1. The van der Waals surface area contributed by atoms with Crippen molar-refractivity contribution >= 4 is 29.2 Å². The van der Waals surface area contributed by atoms with Crippen LogP contribution >= 0.6 is 11.6 Å². The average molecular weight is 397 g/mol. The SMILES string of the molecule is CCNC(=NCCCOCC(C)C)NCCC(=O)Nc1ccc(C)cc1Cl. The van der Waals surface area contributed by atoms with E-state index in [9.17, 15) is 4.79 Å². The van der Waals surface area contributed by atoms with Gasteiger partial charge in [-0.15, -0.1) is 0 Å². The summed E-state index contributed by atoms with van der Waals surface area (Å²) in [6, 6.07) is 5.56. The van der Waals surface area contributed by atoms with E-state index in [0.29, 0.717) is 48.7 Å². The van der Waals surface area contributed by atoms with E-state index in [4.69, 9.17) is 16.3 Å². The van der Waals surface area contributed by atoms with E-state index in [1.807, 2.05) is 32.0 Å². The van der Waals surface area contributed by atoms with Gasteiger partial charge in [-0.1, -0.05) is 31.5 Å². The van der Waals surface area contributed by atoms with Gasteiger partial charge in [0, 0.05) is 39.3 Å². The van der Waals surface area contributed by atoms with E-state index in [1.165, 1.54) is 0 Å². The van der Waals surface area contributed by atoms with E-state index in [2.05, 4.69) is 34.8 Å². The zero-order valence-corrected chi connectivity index (χ0v) is 17.7. The van der Waals surface area contributed by atoms with Crippen LogP contribution in [0.2, 0.25) is 5.02 Å². The molecule has 0 atom stereocenters. The van der Waals surface area contributed by atoms with Gasteiger partial charge < -0.3 is 20.7 Å². The molecule has 0 aromatic heterocycles. The lowest BCUT2D eigenvalue weighted by atomic mass is 10.2. The van der Waals surface area contributed by atoms with Crippen LogP contribution in [0.1, 0.15) is 39.2 Å². The highest BCUT2D eigenvalue weighted by Crippen LogP contribution is 2.22. The van der Waals surface area contributed by atoms with Crippen molar-refractivity contribution in [2.75, 3.05) is 38.2 Å². The van der Waals surface area contributed by atoms with Crippen LogP contribution < -0.4 is 16.0 Å². The quantitative estimate of drug-likeness (QED) is 0.303. The molecule has 1 rings (SSSR count). The van der Waals surface area contributed by atoms with Crippen molar-refractivity contribution in [3.8, 4) is 0 Å². The number of rotatable bonds is 11. The van der Waals surface area contributed by atoms with Crippen molar-refractivity contribution in [3.63, 3.8) is 0 Å². The average Bonchev–Trinajstić information content (AvgIpc) is 2.60. The molecule has 0 aliphatic heterocycles. The fourth-order valence-corrected chi connectivity index (χ4v) is 2.53. The Labute approximate surface area is 168 Å². The smallest absolute Gasteiger partial charge is 0.226 e. The highest BCUT2D eigenvalue weighted by Gasteiger charge is 2.06. The highest BCUT2D eigenvalue weighted by molar-refractivity contribution is 6.33. The minimum absolute atomic E-state index is 0.0915. The number of hydrogen-bond donors (Lipinski definition) is 3. The number of carbonyl (C=O) groups is 1. The van der Waals surface area contributed by atoms with Crippen LogP contribution in [-0.4, -0.2) is 44.7 Å². The van der Waals surface area contributed by atoms with Crippen LogP contribution in [0.5, 0.6) is 0 Å². The van der Waals surface area contributed by atoms with E-state index in [-0.39, 0.29) is 5.91 Å². The summed E-state index contributed by atoms with van der Waals surface area (Å²) < 4.78 is 5.55. The fraction of sp³-hybridized carbons (Fsp3) is 0.600. The van der Waals surface area contributed by atoms with Gasteiger partial charge in [0.25, 0.3) is 0 Å². The summed E-state index contributed by atoms with van der Waals surface area (Å²) in [4.78, 5) is 16.6. The lowest BCUT2D eigenvalue weighted by Gasteiger charge is -2.12. The van der Waals surface area contributed by atoms with Gasteiger partial charge in [0.1, 0.15) is 0 Å². The molecule has 0 aliphatic carbocycles. The first-order valence-electron chi connectivity index (χ1n) is 9.58. The summed E-state index contributed by atoms with van der Waals surface area (Å²) in [5.41, 5.74) is 1.69. The Balaban J connectivity index is 2.32. The van der Waals surface area contributed by atoms with E-state index in [1.54, 1.807) is 0 Å². The van der Waals surface area contributed by atoms with Crippen LogP contribution in [0, 0.1) is 12.8 Å². The summed E-state index contributed by atoms with van der Waals surface area (Å²) in [7, 11) is 0. The number of guanidine groups is 1. The van der Waals surface area contributed by atoms with Crippen LogP contribution in [0.25, 0.3) is 0 Å².